The average Bonchev–Trinajstić information content (AvgIpc) is 2.40. The number of aromatic nitrogens is 2. The molecular formula is C14H16N4O. The molecule has 2 aromatic rings. The van der Waals surface area contributed by atoms with Gasteiger partial charge in [0.25, 0.3) is 0 Å². The summed E-state index contributed by atoms with van der Waals surface area (Å²) in [6.45, 7) is 2.41. The zero-order chi connectivity index (χ0) is 13.7. The SMILES string of the molecule is Cc1cccc(NC(=O)N(C)Cc2ccncc2)n1. The molecule has 2 amide bonds. The van der Waals surface area contributed by atoms with E-state index in [1.54, 1.807) is 30.4 Å². The number of nitrogens with zero attached hydrogens (tertiary/aromatic N) is 3. The predicted molar refractivity (Wildman–Crippen MR) is 73.7 cm³/mol. The number of carbonyl (C=O) groups is 1. The lowest BCUT2D eigenvalue weighted by Gasteiger charge is -2.17. The zero-order valence-corrected chi connectivity index (χ0v) is 11.0. The second-order valence-corrected chi connectivity index (χ2v) is 4.31. The summed E-state index contributed by atoms with van der Waals surface area (Å²) in [4.78, 5) is 21.8. The topological polar surface area (TPSA) is 58.1 Å². The minimum atomic E-state index is -0.185. The van der Waals surface area contributed by atoms with Crippen molar-refractivity contribution in [3.05, 3.63) is 54.0 Å². The van der Waals surface area contributed by atoms with Gasteiger partial charge in [-0.05, 0) is 36.8 Å². The van der Waals surface area contributed by atoms with E-state index in [-0.39, 0.29) is 6.03 Å². The van der Waals surface area contributed by atoms with Crippen molar-refractivity contribution in [3.8, 4) is 0 Å². The summed E-state index contributed by atoms with van der Waals surface area (Å²) in [7, 11) is 1.74. The van der Waals surface area contributed by atoms with Crippen LogP contribution in [0.2, 0.25) is 0 Å². The van der Waals surface area contributed by atoms with Crippen molar-refractivity contribution in [3.63, 3.8) is 0 Å². The molecule has 5 nitrogen and oxygen atoms in total. The summed E-state index contributed by atoms with van der Waals surface area (Å²) in [5.74, 6) is 0.562. The van der Waals surface area contributed by atoms with Crippen LogP contribution in [0.1, 0.15) is 11.3 Å². The summed E-state index contributed by atoms with van der Waals surface area (Å²) in [6.07, 6.45) is 3.42. The average molecular weight is 256 g/mol. The first-order chi connectivity index (χ1) is 9.15. The van der Waals surface area contributed by atoms with Gasteiger partial charge in [0, 0.05) is 31.7 Å². The van der Waals surface area contributed by atoms with E-state index in [2.05, 4.69) is 15.3 Å². The summed E-state index contributed by atoms with van der Waals surface area (Å²) < 4.78 is 0. The van der Waals surface area contributed by atoms with E-state index in [0.717, 1.165) is 11.3 Å². The van der Waals surface area contributed by atoms with E-state index in [4.69, 9.17) is 0 Å². The van der Waals surface area contributed by atoms with Crippen LogP contribution in [-0.4, -0.2) is 27.9 Å². The van der Waals surface area contributed by atoms with Crippen molar-refractivity contribution in [2.24, 2.45) is 0 Å². The Bertz CT molecular complexity index is 556. The van der Waals surface area contributed by atoms with Gasteiger partial charge < -0.3 is 4.90 Å². The number of hydrogen-bond donors (Lipinski definition) is 1. The molecule has 0 aromatic carbocycles. The number of aryl methyl sites for hydroxylation is 1. The largest absolute Gasteiger partial charge is 0.323 e. The standard InChI is InChI=1S/C14H16N4O/c1-11-4-3-5-13(16-11)17-14(19)18(2)10-12-6-8-15-9-7-12/h3-9H,10H2,1-2H3,(H,16,17,19). The smallest absolute Gasteiger partial charge is 0.323 e. The highest BCUT2D eigenvalue weighted by molar-refractivity contribution is 5.88. The Balaban J connectivity index is 1.96. The Hall–Kier alpha value is -2.43. The maximum Gasteiger partial charge on any atom is 0.323 e. The third-order valence-corrected chi connectivity index (χ3v) is 2.64. The Morgan fingerprint density at radius 2 is 2.00 bits per heavy atom. The van der Waals surface area contributed by atoms with Crippen LogP contribution in [0.5, 0.6) is 0 Å². The number of pyridine rings is 2. The monoisotopic (exact) mass is 256 g/mol. The third kappa shape index (κ3) is 3.77. The Labute approximate surface area is 112 Å². The van der Waals surface area contributed by atoms with Crippen LogP contribution in [0, 0.1) is 6.92 Å². The van der Waals surface area contributed by atoms with Gasteiger partial charge in [0.2, 0.25) is 0 Å². The molecule has 1 N–H and O–H groups in total. The van der Waals surface area contributed by atoms with E-state index in [0.29, 0.717) is 12.4 Å². The molecular weight excluding hydrogens is 240 g/mol. The van der Waals surface area contributed by atoms with Gasteiger partial charge in [-0.25, -0.2) is 9.78 Å². The van der Waals surface area contributed by atoms with E-state index in [9.17, 15) is 4.79 Å². The van der Waals surface area contributed by atoms with Gasteiger partial charge in [0.15, 0.2) is 0 Å². The van der Waals surface area contributed by atoms with Crippen LogP contribution in [0.4, 0.5) is 10.6 Å². The molecule has 0 bridgehead atoms. The highest BCUT2D eigenvalue weighted by Crippen LogP contribution is 2.07. The molecule has 0 saturated carbocycles. The lowest BCUT2D eigenvalue weighted by atomic mass is 10.2. The molecule has 2 rings (SSSR count). The van der Waals surface area contributed by atoms with E-state index < -0.39 is 0 Å². The normalized spacial score (nSPS) is 10.0. The number of rotatable bonds is 3. The quantitative estimate of drug-likeness (QED) is 0.917. The van der Waals surface area contributed by atoms with E-state index in [1.165, 1.54) is 0 Å². The fourth-order valence-corrected chi connectivity index (χ4v) is 1.65. The molecule has 2 heterocycles. The second-order valence-electron chi connectivity index (χ2n) is 4.31. The summed E-state index contributed by atoms with van der Waals surface area (Å²) in [5.41, 5.74) is 1.90. The summed E-state index contributed by atoms with van der Waals surface area (Å²) >= 11 is 0. The van der Waals surface area contributed by atoms with Crippen molar-refractivity contribution >= 4 is 11.8 Å². The van der Waals surface area contributed by atoms with Crippen LogP contribution in [0.25, 0.3) is 0 Å². The lowest BCUT2D eigenvalue weighted by Crippen LogP contribution is -2.31. The molecule has 5 heteroatoms. The molecule has 2 aromatic heterocycles. The number of amides is 2. The van der Waals surface area contributed by atoms with Crippen molar-refractivity contribution in [1.82, 2.24) is 14.9 Å². The van der Waals surface area contributed by atoms with E-state index >= 15 is 0 Å². The van der Waals surface area contributed by atoms with Crippen LogP contribution in [-0.2, 0) is 6.54 Å². The molecule has 0 unspecified atom stereocenters. The fourth-order valence-electron chi connectivity index (χ4n) is 1.65. The number of hydrogen-bond acceptors (Lipinski definition) is 3. The van der Waals surface area contributed by atoms with Crippen molar-refractivity contribution in [1.29, 1.82) is 0 Å². The van der Waals surface area contributed by atoms with E-state index in [1.807, 2.05) is 31.2 Å². The van der Waals surface area contributed by atoms with Gasteiger partial charge in [-0.15, -0.1) is 0 Å². The maximum absolute atomic E-state index is 12.0. The molecule has 0 atom stereocenters. The maximum atomic E-state index is 12.0. The van der Waals surface area contributed by atoms with Gasteiger partial charge in [-0.1, -0.05) is 6.07 Å². The first-order valence-electron chi connectivity index (χ1n) is 6.00. The fraction of sp³-hybridized carbons (Fsp3) is 0.214. The van der Waals surface area contributed by atoms with Crippen LogP contribution >= 0.6 is 0 Å². The number of anilines is 1. The first-order valence-corrected chi connectivity index (χ1v) is 6.00. The van der Waals surface area contributed by atoms with Crippen LogP contribution in [0.15, 0.2) is 42.7 Å². The molecule has 0 radical (unpaired) electrons. The number of carbonyl (C=O) groups excluding carboxylic acids is 1. The second kappa shape index (κ2) is 5.95. The molecule has 0 saturated heterocycles. The van der Waals surface area contributed by atoms with Crippen LogP contribution in [0.3, 0.4) is 0 Å². The Morgan fingerprint density at radius 1 is 1.26 bits per heavy atom. The predicted octanol–water partition coefficient (Wildman–Crippen LogP) is 2.45. The highest BCUT2D eigenvalue weighted by Gasteiger charge is 2.09. The highest BCUT2D eigenvalue weighted by atomic mass is 16.2. The van der Waals surface area contributed by atoms with Gasteiger partial charge in [0.1, 0.15) is 5.82 Å². The Kier molecular flexibility index (Phi) is 4.07. The molecule has 19 heavy (non-hydrogen) atoms. The minimum Gasteiger partial charge on any atom is -0.323 e. The molecule has 0 fully saturated rings. The van der Waals surface area contributed by atoms with Crippen molar-refractivity contribution < 1.29 is 4.79 Å². The molecule has 98 valence electrons. The first kappa shape index (κ1) is 13.0. The van der Waals surface area contributed by atoms with Gasteiger partial charge >= 0.3 is 6.03 Å². The molecule has 0 aliphatic heterocycles. The van der Waals surface area contributed by atoms with Gasteiger partial charge in [-0.2, -0.15) is 0 Å². The van der Waals surface area contributed by atoms with Gasteiger partial charge in [0.05, 0.1) is 0 Å². The Morgan fingerprint density at radius 3 is 2.68 bits per heavy atom. The zero-order valence-electron chi connectivity index (χ0n) is 11.0. The van der Waals surface area contributed by atoms with Crippen molar-refractivity contribution in [2.45, 2.75) is 13.5 Å². The van der Waals surface area contributed by atoms with Gasteiger partial charge in [-0.3, -0.25) is 10.3 Å². The number of nitrogens with one attached hydrogen (secondary N) is 1. The molecule has 0 spiro atoms. The minimum absolute atomic E-state index is 0.185. The summed E-state index contributed by atoms with van der Waals surface area (Å²) in [5, 5.41) is 2.76. The number of urea groups is 1. The summed E-state index contributed by atoms with van der Waals surface area (Å²) in [6, 6.07) is 9.10. The molecule has 0 aliphatic carbocycles. The third-order valence-electron chi connectivity index (χ3n) is 2.64. The van der Waals surface area contributed by atoms with Crippen molar-refractivity contribution in [2.75, 3.05) is 12.4 Å². The van der Waals surface area contributed by atoms with Crippen LogP contribution < -0.4 is 5.32 Å². The lowest BCUT2D eigenvalue weighted by molar-refractivity contribution is 0.220. The molecule has 0 aliphatic rings.